The van der Waals surface area contributed by atoms with Crippen molar-refractivity contribution >= 4 is 11.6 Å². The Morgan fingerprint density at radius 3 is 2.09 bits per heavy atom. The minimum Gasteiger partial charge on any atom is -0.383 e. The van der Waals surface area contributed by atoms with Crippen molar-refractivity contribution in [3.63, 3.8) is 0 Å². The maximum atomic E-state index is 12.2. The van der Waals surface area contributed by atoms with Gasteiger partial charge in [-0.3, -0.25) is 9.59 Å². The first-order chi connectivity index (χ1) is 25.5. The Labute approximate surface area is 330 Å². The van der Waals surface area contributed by atoms with Crippen LogP contribution in [0.25, 0.3) is 0 Å². The first kappa shape index (κ1) is 40.1. The van der Waals surface area contributed by atoms with Crippen molar-refractivity contribution in [1.29, 1.82) is 0 Å². The molecule has 306 valence electrons. The number of carbonyl (C=O) groups excluding carboxylic acids is 2. The predicted octanol–water partition coefficient (Wildman–Crippen LogP) is 8.58. The Kier molecular flexibility index (Phi) is 9.60. The largest absolute Gasteiger partial charge is 0.383 e. The molecule has 8 aliphatic carbocycles. The zero-order chi connectivity index (χ0) is 38.2. The molecule has 0 bridgehead atoms. The molecule has 0 aromatic rings. The predicted molar refractivity (Wildman–Crippen MR) is 211 cm³/mol. The van der Waals surface area contributed by atoms with Gasteiger partial charge in [0.05, 0.1) is 26.4 Å². The van der Waals surface area contributed by atoms with Gasteiger partial charge in [-0.15, -0.1) is 0 Å². The molecule has 1 spiro atoms. The van der Waals surface area contributed by atoms with E-state index in [4.69, 9.17) is 18.9 Å². The van der Waals surface area contributed by atoms with Crippen LogP contribution in [0.3, 0.4) is 0 Å². The van der Waals surface area contributed by atoms with Crippen LogP contribution in [0.4, 0.5) is 0 Å². The number of carbonyl (C=O) groups is 2. The fraction of sp³-hybridized carbons (Fsp3) is 0.830. The van der Waals surface area contributed by atoms with Crippen LogP contribution in [0.2, 0.25) is 0 Å². The monoisotopic (exact) mass is 763 g/mol. The Hall–Kier alpha value is -1.68. The van der Waals surface area contributed by atoms with Crippen LogP contribution in [0, 0.1) is 51.2 Å². The highest BCUT2D eigenvalue weighted by atomic mass is 16.8. The molecule has 2 heterocycles. The average Bonchev–Trinajstić information content (AvgIpc) is 3.92. The van der Waals surface area contributed by atoms with E-state index in [9.17, 15) is 19.8 Å². The molecule has 0 aromatic heterocycles. The van der Waals surface area contributed by atoms with Crippen LogP contribution in [-0.2, 0) is 28.5 Å². The molecule has 11 atom stereocenters. The lowest BCUT2D eigenvalue weighted by Gasteiger charge is -2.59. The van der Waals surface area contributed by atoms with E-state index in [1.807, 2.05) is 13.0 Å². The summed E-state index contributed by atoms with van der Waals surface area (Å²) in [6.07, 6.45) is 21.0. The van der Waals surface area contributed by atoms with Gasteiger partial charge in [-0.25, -0.2) is 0 Å². The molecule has 2 saturated heterocycles. The summed E-state index contributed by atoms with van der Waals surface area (Å²) >= 11 is 0. The van der Waals surface area contributed by atoms with E-state index in [2.05, 4.69) is 39.8 Å². The fourth-order valence-electron chi connectivity index (χ4n) is 15.3. The second kappa shape index (κ2) is 13.2. The quantitative estimate of drug-likeness (QED) is 0.269. The van der Waals surface area contributed by atoms with Crippen LogP contribution in [0.1, 0.15) is 145 Å². The normalized spacial score (nSPS) is 48.6. The lowest BCUT2D eigenvalue weighted by molar-refractivity contribution is -0.289. The highest BCUT2D eigenvalue weighted by molar-refractivity contribution is 5.91. The maximum absolute atomic E-state index is 12.2. The van der Waals surface area contributed by atoms with Crippen LogP contribution in [-0.4, -0.2) is 71.0 Å². The number of rotatable bonds is 2. The van der Waals surface area contributed by atoms with Gasteiger partial charge in [0.15, 0.2) is 23.1 Å². The second-order valence-corrected chi connectivity index (χ2v) is 20.5. The maximum Gasteiger partial charge on any atom is 0.195 e. The van der Waals surface area contributed by atoms with Crippen molar-refractivity contribution in [1.82, 2.24) is 0 Å². The number of fused-ring (bicyclic) bond motifs is 10. The molecule has 0 amide bonds. The average molecular weight is 763 g/mol. The van der Waals surface area contributed by atoms with E-state index in [0.717, 1.165) is 90.3 Å². The molecule has 8 nitrogen and oxygen atoms in total. The topological polar surface area (TPSA) is 112 Å². The lowest BCUT2D eigenvalue weighted by atomic mass is 9.46. The van der Waals surface area contributed by atoms with Gasteiger partial charge in [-0.05, 0) is 131 Å². The smallest absolute Gasteiger partial charge is 0.195 e. The SMILES string of the molecule is C.CC(=O)[C@@]1(O)CCC2C3CCC4=CC(=O)CCC4(C)C3CCC21C.CC12CCC3(CC1=CCC1C4=CC[C@](O)(C5(C)OCCO5)C4(C)CCC12)OCCO3. The molecule has 10 rings (SSSR count). The Bertz CT molecular complexity index is 1680. The van der Waals surface area contributed by atoms with Crippen molar-refractivity contribution in [2.24, 2.45) is 51.2 Å². The van der Waals surface area contributed by atoms with Crippen molar-refractivity contribution < 1.29 is 38.7 Å². The summed E-state index contributed by atoms with van der Waals surface area (Å²) in [4.78, 5) is 24.1. The van der Waals surface area contributed by atoms with Gasteiger partial charge in [-0.2, -0.15) is 0 Å². The molecule has 55 heavy (non-hydrogen) atoms. The van der Waals surface area contributed by atoms with E-state index in [1.54, 1.807) is 12.5 Å². The van der Waals surface area contributed by atoms with E-state index in [-0.39, 0.29) is 40.7 Å². The Morgan fingerprint density at radius 2 is 1.38 bits per heavy atom. The Morgan fingerprint density at radius 1 is 0.727 bits per heavy atom. The van der Waals surface area contributed by atoms with E-state index < -0.39 is 17.0 Å². The summed E-state index contributed by atoms with van der Waals surface area (Å²) in [6.45, 7) is 15.4. The van der Waals surface area contributed by atoms with Crippen LogP contribution in [0.15, 0.2) is 34.9 Å². The third kappa shape index (κ3) is 5.35. The first-order valence-electron chi connectivity index (χ1n) is 21.6. The van der Waals surface area contributed by atoms with Crippen LogP contribution >= 0.6 is 0 Å². The van der Waals surface area contributed by atoms with Gasteiger partial charge >= 0.3 is 0 Å². The number of ether oxygens (including phenoxy) is 4. The van der Waals surface area contributed by atoms with Gasteiger partial charge in [0.25, 0.3) is 0 Å². The number of hydrogen-bond acceptors (Lipinski definition) is 8. The third-order valence-electron chi connectivity index (χ3n) is 18.8. The zero-order valence-corrected chi connectivity index (χ0v) is 33.9. The van der Waals surface area contributed by atoms with E-state index in [1.165, 1.54) is 11.1 Å². The summed E-state index contributed by atoms with van der Waals surface area (Å²) in [5, 5.41) is 23.1. The summed E-state index contributed by atoms with van der Waals surface area (Å²) in [7, 11) is 0. The van der Waals surface area contributed by atoms with Crippen LogP contribution in [0.5, 0.6) is 0 Å². The molecule has 5 saturated carbocycles. The van der Waals surface area contributed by atoms with E-state index >= 15 is 0 Å². The molecule has 9 unspecified atom stereocenters. The summed E-state index contributed by atoms with van der Waals surface area (Å²) in [5.41, 5.74) is 2.07. The summed E-state index contributed by atoms with van der Waals surface area (Å²) in [6, 6.07) is 0. The number of hydrogen-bond donors (Lipinski definition) is 2. The molecule has 0 aromatic carbocycles. The van der Waals surface area contributed by atoms with Crippen molar-refractivity contribution in [2.45, 2.75) is 168 Å². The molecule has 0 radical (unpaired) electrons. The fourth-order valence-corrected chi connectivity index (χ4v) is 15.3. The minimum atomic E-state index is -1.12. The Balaban J connectivity index is 0.000000156. The summed E-state index contributed by atoms with van der Waals surface area (Å²) < 4.78 is 24.1. The highest BCUT2D eigenvalue weighted by Gasteiger charge is 2.69. The minimum absolute atomic E-state index is 0. The molecule has 8 heteroatoms. The second-order valence-electron chi connectivity index (χ2n) is 20.5. The third-order valence-corrected chi connectivity index (χ3v) is 18.8. The van der Waals surface area contributed by atoms with Crippen molar-refractivity contribution in [3.05, 3.63) is 34.9 Å². The zero-order valence-electron chi connectivity index (χ0n) is 33.9. The van der Waals surface area contributed by atoms with Gasteiger partial charge in [0, 0.05) is 36.5 Å². The van der Waals surface area contributed by atoms with Gasteiger partial charge < -0.3 is 29.2 Å². The van der Waals surface area contributed by atoms with Gasteiger partial charge in [0.1, 0.15) is 11.2 Å². The number of allylic oxidation sites excluding steroid dienone is 2. The van der Waals surface area contributed by atoms with Gasteiger partial charge in [-0.1, -0.05) is 64.0 Å². The van der Waals surface area contributed by atoms with E-state index in [0.29, 0.717) is 67.8 Å². The molecular formula is C47H70O8. The number of aliphatic hydroxyl groups is 2. The first-order valence-corrected chi connectivity index (χ1v) is 21.6. The molecule has 7 fully saturated rings. The van der Waals surface area contributed by atoms with Crippen molar-refractivity contribution in [2.75, 3.05) is 26.4 Å². The molecule has 2 aliphatic heterocycles. The number of ketones is 2. The summed E-state index contributed by atoms with van der Waals surface area (Å²) in [5.74, 6) is 1.74. The van der Waals surface area contributed by atoms with Crippen molar-refractivity contribution in [3.8, 4) is 0 Å². The lowest BCUT2D eigenvalue weighted by Crippen LogP contribution is -2.63. The highest BCUT2D eigenvalue weighted by Crippen LogP contribution is 2.69. The van der Waals surface area contributed by atoms with Gasteiger partial charge in [0.2, 0.25) is 0 Å². The number of Topliss-reactive ketones (excluding diaryl/α,β-unsaturated/α-hetero) is 1. The van der Waals surface area contributed by atoms with Crippen LogP contribution < -0.4 is 0 Å². The molecule has 10 aliphatic rings. The molecule has 2 N–H and O–H groups in total. The molecular weight excluding hydrogens is 693 g/mol. The standard InChI is InChI=1S/C25H36O5.C21H30O3.CH4/c1-21-10-11-24(29-14-15-30-24)16-17(21)4-5-18-19(21)6-8-22(2)20(18)7-9-25(22,26)23(3)27-12-13-28-23;1-13(22)21(24)11-8-18-16-5-4-14-12-15(23)6-9-19(14,2)17(16)7-10-20(18,21)3;/h4,7,18-19,26H,5-6,8-16H2,1-3H3;12,16-18,24H,4-11H2,1-3H3;1H4/t18?,19?,21?,22?,25-;16?,17?,18?,19?,20?,21-;/m10./s1.